The zero-order valence-electron chi connectivity index (χ0n) is 15.7. The first-order valence-corrected chi connectivity index (χ1v) is 8.73. The Hall–Kier alpha value is -3.61. The number of rotatable bonds is 7. The standard InChI is InChI=1S/C21H21N3O4/c1-15-10-18(25)19(28-14-16-6-4-3-5-7-16)12-24(15)13-20(26)23-17-8-9-21(27-2)22-11-17/h3-12H,13-14H2,1-2H3,(H,23,26). The Kier molecular flexibility index (Phi) is 6.06. The highest BCUT2D eigenvalue weighted by atomic mass is 16.5. The molecule has 3 rings (SSSR count). The number of hydrogen-bond donors (Lipinski definition) is 1. The fourth-order valence-electron chi connectivity index (χ4n) is 2.60. The topological polar surface area (TPSA) is 82.5 Å². The normalized spacial score (nSPS) is 10.4. The van der Waals surface area contributed by atoms with Crippen LogP contribution in [0.3, 0.4) is 0 Å². The van der Waals surface area contributed by atoms with Crippen molar-refractivity contribution in [3.05, 3.63) is 82.4 Å². The molecule has 0 atom stereocenters. The van der Waals surface area contributed by atoms with E-state index in [-0.39, 0.29) is 30.2 Å². The molecule has 1 aromatic carbocycles. The number of nitrogens with zero attached hydrogens (tertiary/aromatic N) is 2. The number of amides is 1. The predicted octanol–water partition coefficient (Wildman–Crippen LogP) is 2.78. The maximum Gasteiger partial charge on any atom is 0.244 e. The minimum atomic E-state index is -0.243. The van der Waals surface area contributed by atoms with E-state index in [0.717, 1.165) is 5.56 Å². The van der Waals surface area contributed by atoms with Gasteiger partial charge >= 0.3 is 0 Å². The maximum absolute atomic E-state index is 12.4. The molecule has 0 aliphatic rings. The van der Waals surface area contributed by atoms with E-state index in [1.54, 1.807) is 29.8 Å². The molecule has 0 fully saturated rings. The van der Waals surface area contributed by atoms with Crippen LogP contribution in [0.15, 0.2) is 65.7 Å². The van der Waals surface area contributed by atoms with E-state index in [4.69, 9.17) is 9.47 Å². The summed E-state index contributed by atoms with van der Waals surface area (Å²) in [4.78, 5) is 28.6. The number of aryl methyl sites for hydroxylation is 1. The van der Waals surface area contributed by atoms with Crippen molar-refractivity contribution in [2.75, 3.05) is 12.4 Å². The number of pyridine rings is 2. The Labute approximate surface area is 162 Å². The van der Waals surface area contributed by atoms with E-state index in [0.29, 0.717) is 17.3 Å². The van der Waals surface area contributed by atoms with Gasteiger partial charge in [-0.3, -0.25) is 9.59 Å². The molecule has 0 saturated carbocycles. The molecule has 0 aliphatic heterocycles. The van der Waals surface area contributed by atoms with Gasteiger partial charge in [-0.15, -0.1) is 0 Å². The third kappa shape index (κ3) is 4.97. The zero-order chi connectivity index (χ0) is 19.9. The van der Waals surface area contributed by atoms with Crippen molar-refractivity contribution in [2.24, 2.45) is 0 Å². The van der Waals surface area contributed by atoms with E-state index in [2.05, 4.69) is 10.3 Å². The van der Waals surface area contributed by atoms with Crippen molar-refractivity contribution in [2.45, 2.75) is 20.1 Å². The summed E-state index contributed by atoms with van der Waals surface area (Å²) in [5.74, 6) is 0.426. The molecule has 28 heavy (non-hydrogen) atoms. The first kappa shape index (κ1) is 19.2. The van der Waals surface area contributed by atoms with Gasteiger partial charge in [0.05, 0.1) is 25.2 Å². The Balaban J connectivity index is 1.68. The molecule has 7 heteroatoms. The molecule has 2 aromatic heterocycles. The molecule has 0 bridgehead atoms. The highest BCUT2D eigenvalue weighted by Gasteiger charge is 2.10. The van der Waals surface area contributed by atoms with Crippen LogP contribution in [0.5, 0.6) is 11.6 Å². The van der Waals surface area contributed by atoms with Gasteiger partial charge in [-0.05, 0) is 18.6 Å². The molecule has 144 valence electrons. The van der Waals surface area contributed by atoms with Crippen molar-refractivity contribution in [3.8, 4) is 11.6 Å². The molecular weight excluding hydrogens is 358 g/mol. The molecule has 0 saturated heterocycles. The molecule has 0 aliphatic carbocycles. The highest BCUT2D eigenvalue weighted by molar-refractivity contribution is 5.90. The van der Waals surface area contributed by atoms with E-state index >= 15 is 0 Å². The number of benzene rings is 1. The molecular formula is C21H21N3O4. The number of carbonyl (C=O) groups excluding carboxylic acids is 1. The van der Waals surface area contributed by atoms with Crippen molar-refractivity contribution >= 4 is 11.6 Å². The summed E-state index contributed by atoms with van der Waals surface area (Å²) in [5.41, 5.74) is 1.97. The molecule has 0 unspecified atom stereocenters. The number of anilines is 1. The smallest absolute Gasteiger partial charge is 0.244 e. The van der Waals surface area contributed by atoms with Crippen molar-refractivity contribution in [3.63, 3.8) is 0 Å². The van der Waals surface area contributed by atoms with Crippen LogP contribution in [-0.2, 0) is 17.9 Å². The number of aromatic nitrogens is 2. The lowest BCUT2D eigenvalue weighted by atomic mass is 10.2. The van der Waals surface area contributed by atoms with Crippen LogP contribution >= 0.6 is 0 Å². The summed E-state index contributed by atoms with van der Waals surface area (Å²) in [6.07, 6.45) is 3.08. The van der Waals surface area contributed by atoms with Crippen LogP contribution in [0.2, 0.25) is 0 Å². The lowest BCUT2D eigenvalue weighted by Crippen LogP contribution is -2.22. The maximum atomic E-state index is 12.4. The van der Waals surface area contributed by atoms with E-state index in [9.17, 15) is 9.59 Å². The third-order valence-corrected chi connectivity index (χ3v) is 4.09. The van der Waals surface area contributed by atoms with Crippen molar-refractivity contribution in [1.82, 2.24) is 9.55 Å². The average molecular weight is 379 g/mol. The van der Waals surface area contributed by atoms with E-state index < -0.39 is 0 Å². The minimum Gasteiger partial charge on any atom is -0.483 e. The summed E-state index contributed by atoms with van der Waals surface area (Å²) >= 11 is 0. The molecule has 1 amide bonds. The van der Waals surface area contributed by atoms with Gasteiger partial charge in [0.15, 0.2) is 5.75 Å². The fourth-order valence-corrected chi connectivity index (χ4v) is 2.60. The van der Waals surface area contributed by atoms with E-state index in [1.165, 1.54) is 19.4 Å². The lowest BCUT2D eigenvalue weighted by Gasteiger charge is -2.13. The van der Waals surface area contributed by atoms with Crippen molar-refractivity contribution < 1.29 is 14.3 Å². The Morgan fingerprint density at radius 3 is 2.64 bits per heavy atom. The van der Waals surface area contributed by atoms with Gasteiger partial charge in [0.2, 0.25) is 17.2 Å². The molecule has 0 spiro atoms. The van der Waals surface area contributed by atoms with Crippen LogP contribution in [0.1, 0.15) is 11.3 Å². The summed E-state index contributed by atoms with van der Waals surface area (Å²) < 4.78 is 12.3. The zero-order valence-corrected chi connectivity index (χ0v) is 15.7. The summed E-state index contributed by atoms with van der Waals surface area (Å²) in [6, 6.07) is 14.4. The number of hydrogen-bond acceptors (Lipinski definition) is 5. The van der Waals surface area contributed by atoms with E-state index in [1.807, 2.05) is 30.3 Å². The van der Waals surface area contributed by atoms with Crippen LogP contribution in [0.25, 0.3) is 0 Å². The summed E-state index contributed by atoms with van der Waals surface area (Å²) in [7, 11) is 1.52. The number of ether oxygens (including phenoxy) is 2. The predicted molar refractivity (Wildman–Crippen MR) is 106 cm³/mol. The van der Waals surface area contributed by atoms with Crippen LogP contribution in [0.4, 0.5) is 5.69 Å². The van der Waals surface area contributed by atoms with Gasteiger partial charge in [0.1, 0.15) is 13.2 Å². The second kappa shape index (κ2) is 8.85. The molecule has 2 heterocycles. The SMILES string of the molecule is COc1ccc(NC(=O)Cn2cc(OCc3ccccc3)c(=O)cc2C)cn1. The van der Waals surface area contributed by atoms with Gasteiger partial charge in [-0.25, -0.2) is 4.98 Å². The molecule has 0 radical (unpaired) electrons. The monoisotopic (exact) mass is 379 g/mol. The Bertz CT molecular complexity index is 998. The fraction of sp³-hybridized carbons (Fsp3) is 0.190. The number of nitrogens with one attached hydrogen (secondary N) is 1. The summed E-state index contributed by atoms with van der Waals surface area (Å²) in [5, 5.41) is 2.76. The Morgan fingerprint density at radius 1 is 1.18 bits per heavy atom. The molecule has 3 aromatic rings. The second-order valence-electron chi connectivity index (χ2n) is 6.18. The first-order valence-electron chi connectivity index (χ1n) is 8.73. The quantitative estimate of drug-likeness (QED) is 0.683. The first-order chi connectivity index (χ1) is 13.5. The number of carbonyl (C=O) groups is 1. The van der Waals surface area contributed by atoms with Gasteiger partial charge < -0.3 is 19.4 Å². The highest BCUT2D eigenvalue weighted by Crippen LogP contribution is 2.12. The number of methoxy groups -OCH3 is 1. The van der Waals surface area contributed by atoms with Crippen molar-refractivity contribution in [1.29, 1.82) is 0 Å². The molecule has 7 nitrogen and oxygen atoms in total. The average Bonchev–Trinajstić information content (AvgIpc) is 2.70. The second-order valence-corrected chi connectivity index (χ2v) is 6.18. The van der Waals surface area contributed by atoms with Crippen LogP contribution < -0.4 is 20.2 Å². The van der Waals surface area contributed by atoms with Gasteiger partial charge in [-0.1, -0.05) is 30.3 Å². The largest absolute Gasteiger partial charge is 0.483 e. The lowest BCUT2D eigenvalue weighted by molar-refractivity contribution is -0.116. The van der Waals surface area contributed by atoms with Gasteiger partial charge in [-0.2, -0.15) is 0 Å². The van der Waals surface area contributed by atoms with Crippen LogP contribution in [-0.4, -0.2) is 22.6 Å². The van der Waals surface area contributed by atoms with Gasteiger partial charge in [0, 0.05) is 17.8 Å². The summed E-state index contributed by atoms with van der Waals surface area (Å²) in [6.45, 7) is 2.09. The van der Waals surface area contributed by atoms with Crippen LogP contribution in [0, 0.1) is 6.92 Å². The Morgan fingerprint density at radius 2 is 1.96 bits per heavy atom. The molecule has 1 N–H and O–H groups in total. The third-order valence-electron chi connectivity index (χ3n) is 4.09. The van der Waals surface area contributed by atoms with Gasteiger partial charge in [0.25, 0.3) is 0 Å². The minimum absolute atomic E-state index is 0.0415.